The zero-order chi connectivity index (χ0) is 20.8. The molecule has 1 amide bonds. The molecular weight excluding hydrogens is 364 g/mol. The summed E-state index contributed by atoms with van der Waals surface area (Å²) >= 11 is 0. The van der Waals surface area contributed by atoms with Crippen LogP contribution in [0.1, 0.15) is 53.0 Å². The van der Waals surface area contributed by atoms with Crippen LogP contribution in [-0.2, 0) is 17.8 Å². The van der Waals surface area contributed by atoms with E-state index in [2.05, 4.69) is 11.2 Å². The standard InChI is InChI=1S/C23H28N4O2/c1-17-21(18(2)27(25-17)14-6-13-24)9-10-22(28)26-15-11-20(12-16-26)23(29)19-7-4-3-5-8-19/h3-5,7-8,20H,6,9-12,14-16H2,1-2H3. The highest BCUT2D eigenvalue weighted by atomic mass is 16.2. The molecule has 1 saturated heterocycles. The quantitative estimate of drug-likeness (QED) is 0.676. The van der Waals surface area contributed by atoms with Gasteiger partial charge in [-0.2, -0.15) is 10.4 Å². The van der Waals surface area contributed by atoms with Gasteiger partial charge in [-0.15, -0.1) is 0 Å². The number of aromatic nitrogens is 2. The smallest absolute Gasteiger partial charge is 0.222 e. The maximum absolute atomic E-state index is 12.7. The van der Waals surface area contributed by atoms with Crippen molar-refractivity contribution in [3.8, 4) is 6.07 Å². The molecule has 0 spiro atoms. The van der Waals surface area contributed by atoms with Crippen molar-refractivity contribution in [2.24, 2.45) is 5.92 Å². The summed E-state index contributed by atoms with van der Waals surface area (Å²) in [7, 11) is 0. The van der Waals surface area contributed by atoms with E-state index in [0.29, 0.717) is 38.9 Å². The third-order valence-corrected chi connectivity index (χ3v) is 5.83. The second-order valence-electron chi connectivity index (χ2n) is 7.67. The van der Waals surface area contributed by atoms with E-state index < -0.39 is 0 Å². The predicted molar refractivity (Wildman–Crippen MR) is 110 cm³/mol. The van der Waals surface area contributed by atoms with Crippen LogP contribution in [0.3, 0.4) is 0 Å². The Morgan fingerprint density at radius 3 is 2.52 bits per heavy atom. The van der Waals surface area contributed by atoms with Gasteiger partial charge in [-0.25, -0.2) is 0 Å². The predicted octanol–water partition coefficient (Wildman–Crippen LogP) is 3.47. The molecule has 1 aromatic heterocycles. The first kappa shape index (κ1) is 20.8. The van der Waals surface area contributed by atoms with Gasteiger partial charge in [0.1, 0.15) is 0 Å². The van der Waals surface area contributed by atoms with Crippen molar-refractivity contribution in [2.75, 3.05) is 13.1 Å². The Balaban J connectivity index is 1.51. The van der Waals surface area contributed by atoms with Crippen LogP contribution >= 0.6 is 0 Å². The summed E-state index contributed by atoms with van der Waals surface area (Å²) in [6.45, 7) is 5.82. The summed E-state index contributed by atoms with van der Waals surface area (Å²) in [4.78, 5) is 27.2. The van der Waals surface area contributed by atoms with E-state index in [9.17, 15) is 9.59 Å². The van der Waals surface area contributed by atoms with Crippen LogP contribution in [0.2, 0.25) is 0 Å². The number of carbonyl (C=O) groups is 2. The van der Waals surface area contributed by atoms with Crippen LogP contribution in [0, 0.1) is 31.1 Å². The Morgan fingerprint density at radius 2 is 1.86 bits per heavy atom. The fourth-order valence-electron chi connectivity index (χ4n) is 4.09. The molecular formula is C23H28N4O2. The molecule has 2 aromatic rings. The van der Waals surface area contributed by atoms with E-state index in [4.69, 9.17) is 5.26 Å². The second-order valence-corrected chi connectivity index (χ2v) is 7.67. The number of carbonyl (C=O) groups excluding carboxylic acids is 2. The van der Waals surface area contributed by atoms with Crippen LogP contribution in [0.15, 0.2) is 30.3 Å². The molecule has 6 nitrogen and oxygen atoms in total. The third-order valence-electron chi connectivity index (χ3n) is 5.83. The normalized spacial score (nSPS) is 14.6. The minimum absolute atomic E-state index is 0.00399. The molecule has 3 rings (SSSR count). The molecule has 6 heteroatoms. The van der Waals surface area contributed by atoms with Crippen LogP contribution in [0.25, 0.3) is 0 Å². The first-order valence-corrected chi connectivity index (χ1v) is 10.3. The molecule has 1 aliphatic heterocycles. The number of aryl methyl sites for hydroxylation is 2. The molecule has 0 atom stereocenters. The number of rotatable bonds is 7. The van der Waals surface area contributed by atoms with Crippen LogP contribution in [0.5, 0.6) is 0 Å². The molecule has 29 heavy (non-hydrogen) atoms. The highest BCUT2D eigenvalue weighted by Crippen LogP contribution is 2.23. The molecule has 1 aliphatic rings. The van der Waals surface area contributed by atoms with Crippen LogP contribution in [0.4, 0.5) is 0 Å². The monoisotopic (exact) mass is 392 g/mol. The highest BCUT2D eigenvalue weighted by molar-refractivity contribution is 5.98. The summed E-state index contributed by atoms with van der Waals surface area (Å²) < 4.78 is 1.86. The molecule has 0 saturated carbocycles. The molecule has 2 heterocycles. The van der Waals surface area contributed by atoms with Crippen molar-refractivity contribution in [1.82, 2.24) is 14.7 Å². The Morgan fingerprint density at radius 1 is 1.17 bits per heavy atom. The van der Waals surface area contributed by atoms with Gasteiger partial charge in [-0.1, -0.05) is 30.3 Å². The van der Waals surface area contributed by atoms with Crippen molar-refractivity contribution in [2.45, 2.75) is 52.5 Å². The van der Waals surface area contributed by atoms with E-state index in [1.165, 1.54) is 0 Å². The first-order chi connectivity index (χ1) is 14.0. The molecule has 0 unspecified atom stereocenters. The number of nitrogens with zero attached hydrogens (tertiary/aromatic N) is 4. The van der Waals surface area contributed by atoms with Gasteiger partial charge in [0.25, 0.3) is 0 Å². The second kappa shape index (κ2) is 9.51. The topological polar surface area (TPSA) is 79.0 Å². The maximum Gasteiger partial charge on any atom is 0.222 e. The number of nitriles is 1. The number of ketones is 1. The van der Waals surface area contributed by atoms with E-state index in [0.717, 1.165) is 35.4 Å². The zero-order valence-electron chi connectivity index (χ0n) is 17.2. The summed E-state index contributed by atoms with van der Waals surface area (Å²) in [5, 5.41) is 13.3. The van der Waals surface area contributed by atoms with E-state index in [1.807, 2.05) is 53.8 Å². The third kappa shape index (κ3) is 4.92. The molecule has 0 radical (unpaired) electrons. The Bertz CT molecular complexity index is 903. The van der Waals surface area contributed by atoms with Gasteiger partial charge in [-0.3, -0.25) is 14.3 Å². The molecule has 0 N–H and O–H groups in total. The fourth-order valence-corrected chi connectivity index (χ4v) is 4.09. The highest BCUT2D eigenvalue weighted by Gasteiger charge is 2.28. The maximum atomic E-state index is 12.7. The van der Waals surface area contributed by atoms with Crippen molar-refractivity contribution in [1.29, 1.82) is 5.26 Å². The lowest BCUT2D eigenvalue weighted by atomic mass is 9.88. The average molecular weight is 393 g/mol. The zero-order valence-corrected chi connectivity index (χ0v) is 17.2. The number of hydrogen-bond acceptors (Lipinski definition) is 4. The summed E-state index contributed by atoms with van der Waals surface area (Å²) in [6.07, 6.45) is 2.99. The lowest BCUT2D eigenvalue weighted by molar-refractivity contribution is -0.132. The number of piperidine rings is 1. The minimum Gasteiger partial charge on any atom is -0.343 e. The van der Waals surface area contributed by atoms with E-state index in [-0.39, 0.29) is 17.6 Å². The van der Waals surface area contributed by atoms with Gasteiger partial charge < -0.3 is 4.90 Å². The SMILES string of the molecule is Cc1nn(CCC#N)c(C)c1CCC(=O)N1CCC(C(=O)c2ccccc2)CC1. The Labute approximate surface area is 172 Å². The number of likely N-dealkylation sites (tertiary alicyclic amines) is 1. The summed E-state index contributed by atoms with van der Waals surface area (Å²) in [6, 6.07) is 11.6. The fraction of sp³-hybridized carbons (Fsp3) is 0.478. The lowest BCUT2D eigenvalue weighted by Crippen LogP contribution is -2.40. The lowest BCUT2D eigenvalue weighted by Gasteiger charge is -2.31. The largest absolute Gasteiger partial charge is 0.343 e. The van der Waals surface area contributed by atoms with Gasteiger partial charge in [-0.05, 0) is 38.7 Å². The van der Waals surface area contributed by atoms with E-state index >= 15 is 0 Å². The average Bonchev–Trinajstić information content (AvgIpc) is 3.03. The molecule has 0 bridgehead atoms. The molecule has 1 fully saturated rings. The molecule has 0 aliphatic carbocycles. The van der Waals surface area contributed by atoms with Crippen molar-refractivity contribution < 1.29 is 9.59 Å². The van der Waals surface area contributed by atoms with Crippen molar-refractivity contribution >= 4 is 11.7 Å². The van der Waals surface area contributed by atoms with Crippen LogP contribution in [-0.4, -0.2) is 39.5 Å². The number of amides is 1. The number of hydrogen-bond donors (Lipinski definition) is 0. The Kier molecular flexibility index (Phi) is 6.82. The van der Waals surface area contributed by atoms with Gasteiger partial charge in [0.15, 0.2) is 5.78 Å². The van der Waals surface area contributed by atoms with Gasteiger partial charge in [0.2, 0.25) is 5.91 Å². The van der Waals surface area contributed by atoms with E-state index in [1.54, 1.807) is 0 Å². The van der Waals surface area contributed by atoms with Gasteiger partial charge in [0, 0.05) is 36.7 Å². The first-order valence-electron chi connectivity index (χ1n) is 10.3. The van der Waals surface area contributed by atoms with Crippen LogP contribution < -0.4 is 0 Å². The van der Waals surface area contributed by atoms with Gasteiger partial charge in [0.05, 0.1) is 24.7 Å². The summed E-state index contributed by atoms with van der Waals surface area (Å²) in [5.41, 5.74) is 3.83. The van der Waals surface area contributed by atoms with Crippen molar-refractivity contribution in [3.63, 3.8) is 0 Å². The van der Waals surface area contributed by atoms with Gasteiger partial charge >= 0.3 is 0 Å². The van der Waals surface area contributed by atoms with Crippen molar-refractivity contribution in [3.05, 3.63) is 52.8 Å². The molecule has 1 aromatic carbocycles. The molecule has 152 valence electrons. The number of Topliss-reactive ketones (excluding diaryl/α,β-unsaturated/α-hetero) is 1. The number of benzene rings is 1. The Hall–Kier alpha value is -2.94. The minimum atomic E-state index is 0.00399. The summed E-state index contributed by atoms with van der Waals surface area (Å²) in [5.74, 6) is 0.331.